The number of hydrogen-bond acceptors (Lipinski definition) is 1. The molecule has 0 fully saturated rings. The van der Waals surface area contributed by atoms with Gasteiger partial charge in [0.2, 0.25) is 0 Å². The molecule has 0 aliphatic rings. The molecule has 1 nitrogen and oxygen atoms in total. The van der Waals surface area contributed by atoms with Gasteiger partial charge in [-0.3, -0.25) is 0 Å². The van der Waals surface area contributed by atoms with Crippen LogP contribution in [0.4, 0.5) is 0 Å². The first-order valence-corrected chi connectivity index (χ1v) is 24.1. The van der Waals surface area contributed by atoms with Crippen LogP contribution in [-0.4, -0.2) is 5.11 Å². The van der Waals surface area contributed by atoms with E-state index in [9.17, 15) is 5.11 Å². The number of rotatable bonds is 42. The number of unbranched alkanes of at least 4 members (excludes halogenated alkanes) is 38. The lowest BCUT2D eigenvalue weighted by Crippen LogP contribution is -1.92. The highest BCUT2D eigenvalue weighted by Crippen LogP contribution is 2.23. The fraction of sp³-hybridized carbons (Fsp3) is 0.880. The van der Waals surface area contributed by atoms with Crippen LogP contribution in [0.2, 0.25) is 0 Å². The summed E-state index contributed by atoms with van der Waals surface area (Å²) in [5, 5.41) is 10.4. The minimum atomic E-state index is 0.514. The van der Waals surface area contributed by atoms with Crippen molar-refractivity contribution in [2.75, 3.05) is 0 Å². The average Bonchev–Trinajstić information content (AvgIpc) is 3.14. The Morgan fingerprint density at radius 2 is 0.529 bits per heavy atom. The van der Waals surface area contributed by atoms with Crippen molar-refractivity contribution >= 4 is 0 Å². The topological polar surface area (TPSA) is 20.2 Å². The highest BCUT2D eigenvalue weighted by molar-refractivity contribution is 5.36. The van der Waals surface area contributed by atoms with Crippen LogP contribution in [0.15, 0.2) is 18.2 Å². The largest absolute Gasteiger partial charge is 0.508 e. The van der Waals surface area contributed by atoms with Gasteiger partial charge in [0, 0.05) is 0 Å². The Hall–Kier alpha value is -0.980. The van der Waals surface area contributed by atoms with Crippen molar-refractivity contribution in [3.05, 3.63) is 29.3 Å². The van der Waals surface area contributed by atoms with E-state index in [1.165, 1.54) is 274 Å². The first kappa shape index (κ1) is 48.0. The van der Waals surface area contributed by atoms with Crippen molar-refractivity contribution in [3.8, 4) is 5.75 Å². The van der Waals surface area contributed by atoms with Crippen LogP contribution in [-0.2, 0) is 12.8 Å². The second-order valence-corrected chi connectivity index (χ2v) is 16.9. The van der Waals surface area contributed by atoms with Gasteiger partial charge in [-0.2, -0.15) is 0 Å². The molecule has 1 aromatic rings. The highest BCUT2D eigenvalue weighted by atomic mass is 16.3. The summed E-state index contributed by atoms with van der Waals surface area (Å²) < 4.78 is 0. The molecule has 0 saturated carbocycles. The molecule has 1 aromatic carbocycles. The summed E-state index contributed by atoms with van der Waals surface area (Å²) >= 11 is 0. The fourth-order valence-corrected chi connectivity index (χ4v) is 8.15. The Kier molecular flexibility index (Phi) is 37.9. The van der Waals surface area contributed by atoms with Gasteiger partial charge in [-0.25, -0.2) is 0 Å². The van der Waals surface area contributed by atoms with Crippen LogP contribution in [0.5, 0.6) is 5.75 Å². The number of phenols is 1. The Morgan fingerprint density at radius 3 is 0.804 bits per heavy atom. The predicted molar refractivity (Wildman–Crippen MR) is 232 cm³/mol. The minimum Gasteiger partial charge on any atom is -0.508 e. The van der Waals surface area contributed by atoms with Crippen LogP contribution < -0.4 is 0 Å². The van der Waals surface area contributed by atoms with E-state index in [0.29, 0.717) is 5.75 Å². The Bertz CT molecular complexity index is 798. The van der Waals surface area contributed by atoms with Gasteiger partial charge >= 0.3 is 0 Å². The van der Waals surface area contributed by atoms with E-state index >= 15 is 0 Å². The maximum atomic E-state index is 10.4. The average molecular weight is 711 g/mol. The summed E-state index contributed by atoms with van der Waals surface area (Å²) in [6, 6.07) is 6.42. The van der Waals surface area contributed by atoms with Gasteiger partial charge in [-0.05, 0) is 42.9 Å². The van der Waals surface area contributed by atoms with Gasteiger partial charge < -0.3 is 5.11 Å². The standard InChI is InChI=1S/C50H94O/c1-3-5-7-9-11-13-15-17-19-21-23-25-27-29-31-33-35-37-39-41-43-48-45-46-50(51)49(47-48)44-42-40-38-36-34-32-30-28-26-24-22-20-18-16-14-12-10-8-6-4-2/h45-47,51H,3-44H2,1-2H3. The third-order valence-electron chi connectivity index (χ3n) is 11.8. The van der Waals surface area contributed by atoms with Crippen LogP contribution in [0, 0.1) is 0 Å². The van der Waals surface area contributed by atoms with Gasteiger partial charge in [-0.15, -0.1) is 0 Å². The molecule has 1 rings (SSSR count). The van der Waals surface area contributed by atoms with E-state index < -0.39 is 0 Å². The lowest BCUT2D eigenvalue weighted by atomic mass is 9.99. The first-order chi connectivity index (χ1) is 25.3. The summed E-state index contributed by atoms with van der Waals surface area (Å²) in [5.41, 5.74) is 2.61. The molecular formula is C50H94O. The molecule has 0 unspecified atom stereocenters. The first-order valence-electron chi connectivity index (χ1n) is 24.1. The summed E-state index contributed by atoms with van der Waals surface area (Å²) in [6.07, 6.45) is 59.4. The molecule has 0 amide bonds. The second kappa shape index (κ2) is 40.2. The van der Waals surface area contributed by atoms with Crippen LogP contribution in [0.1, 0.15) is 282 Å². The Balaban J connectivity index is 1.85. The predicted octanol–water partition coefficient (Wildman–Crippen LogP) is 18.1. The van der Waals surface area contributed by atoms with Crippen LogP contribution >= 0.6 is 0 Å². The van der Waals surface area contributed by atoms with Gasteiger partial charge in [-0.1, -0.05) is 270 Å². The molecular weight excluding hydrogens is 617 g/mol. The number of aryl methyl sites for hydroxylation is 2. The van der Waals surface area contributed by atoms with Crippen molar-refractivity contribution in [1.29, 1.82) is 0 Å². The Labute approximate surface area is 322 Å². The Morgan fingerprint density at radius 1 is 0.294 bits per heavy atom. The molecule has 0 aromatic heterocycles. The second-order valence-electron chi connectivity index (χ2n) is 16.9. The third-order valence-corrected chi connectivity index (χ3v) is 11.8. The van der Waals surface area contributed by atoms with E-state index in [1.807, 2.05) is 6.07 Å². The van der Waals surface area contributed by atoms with E-state index in [2.05, 4.69) is 26.0 Å². The molecule has 300 valence electrons. The third kappa shape index (κ3) is 34.5. The van der Waals surface area contributed by atoms with E-state index in [-0.39, 0.29) is 0 Å². The van der Waals surface area contributed by atoms with Gasteiger partial charge in [0.05, 0.1) is 0 Å². The molecule has 0 bridgehead atoms. The summed E-state index contributed by atoms with van der Waals surface area (Å²) in [5.74, 6) is 0.514. The quantitative estimate of drug-likeness (QED) is 0.0670. The number of phenolic OH excluding ortho intramolecular Hbond substituents is 1. The molecule has 1 N–H and O–H groups in total. The smallest absolute Gasteiger partial charge is 0.118 e. The highest BCUT2D eigenvalue weighted by Gasteiger charge is 2.04. The molecule has 0 saturated heterocycles. The molecule has 0 radical (unpaired) electrons. The lowest BCUT2D eigenvalue weighted by molar-refractivity contribution is 0.465. The van der Waals surface area contributed by atoms with Gasteiger partial charge in [0.25, 0.3) is 0 Å². The van der Waals surface area contributed by atoms with Crippen molar-refractivity contribution in [2.24, 2.45) is 0 Å². The molecule has 0 heterocycles. The summed E-state index contributed by atoms with van der Waals surface area (Å²) in [6.45, 7) is 4.61. The molecule has 0 atom stereocenters. The van der Waals surface area contributed by atoms with E-state index in [0.717, 1.165) is 6.42 Å². The zero-order chi connectivity index (χ0) is 36.6. The molecule has 0 aliphatic carbocycles. The normalized spacial score (nSPS) is 11.6. The van der Waals surface area contributed by atoms with E-state index in [1.54, 1.807) is 0 Å². The minimum absolute atomic E-state index is 0.514. The van der Waals surface area contributed by atoms with Crippen molar-refractivity contribution in [3.63, 3.8) is 0 Å². The maximum Gasteiger partial charge on any atom is 0.118 e. The van der Waals surface area contributed by atoms with Crippen molar-refractivity contribution in [1.82, 2.24) is 0 Å². The van der Waals surface area contributed by atoms with E-state index in [4.69, 9.17) is 0 Å². The number of aromatic hydroxyl groups is 1. The monoisotopic (exact) mass is 711 g/mol. The molecule has 0 spiro atoms. The zero-order valence-corrected chi connectivity index (χ0v) is 35.4. The SMILES string of the molecule is CCCCCCCCCCCCCCCCCCCCCCc1ccc(O)c(CCCCCCCCCCCCCCCCCCCCCC)c1. The van der Waals surface area contributed by atoms with Gasteiger partial charge in [0.15, 0.2) is 0 Å². The maximum absolute atomic E-state index is 10.4. The number of hydrogen-bond donors (Lipinski definition) is 1. The van der Waals surface area contributed by atoms with Gasteiger partial charge in [0.1, 0.15) is 5.75 Å². The summed E-state index contributed by atoms with van der Waals surface area (Å²) in [7, 11) is 0. The van der Waals surface area contributed by atoms with Crippen LogP contribution in [0.3, 0.4) is 0 Å². The molecule has 0 aliphatic heterocycles. The van der Waals surface area contributed by atoms with Crippen LogP contribution in [0.25, 0.3) is 0 Å². The number of benzene rings is 1. The molecule has 51 heavy (non-hydrogen) atoms. The zero-order valence-electron chi connectivity index (χ0n) is 35.4. The molecule has 1 heteroatoms. The van der Waals surface area contributed by atoms with Crippen molar-refractivity contribution in [2.45, 2.75) is 284 Å². The summed E-state index contributed by atoms with van der Waals surface area (Å²) in [4.78, 5) is 0. The fourth-order valence-electron chi connectivity index (χ4n) is 8.15. The van der Waals surface area contributed by atoms with Crippen molar-refractivity contribution < 1.29 is 5.11 Å². The lowest BCUT2D eigenvalue weighted by Gasteiger charge is -2.09.